The third-order valence-electron chi connectivity index (χ3n) is 1.11. The lowest BCUT2D eigenvalue weighted by Crippen LogP contribution is -1.82. The molecule has 4 heteroatoms. The molecular weight excluding hydrogens is 262 g/mol. The number of nitrogens with zero attached hydrogens (tertiary/aromatic N) is 1. The van der Waals surface area contributed by atoms with Crippen molar-refractivity contribution in [2.24, 2.45) is 0 Å². The number of aromatic nitrogens is 1. The highest BCUT2D eigenvalue weighted by Gasteiger charge is 2.02. The summed E-state index contributed by atoms with van der Waals surface area (Å²) in [7, 11) is 0. The van der Waals surface area contributed by atoms with Crippen LogP contribution in [0, 0.1) is 0 Å². The number of pyridine rings is 1. The minimum atomic E-state index is 0.208. The molecule has 1 rings (SSSR count). The molecule has 0 aliphatic carbocycles. The zero-order valence-electron chi connectivity index (χ0n) is 5.01. The second-order valence-corrected chi connectivity index (χ2v) is 3.05. The highest BCUT2D eigenvalue weighted by molar-refractivity contribution is 9.10. The first-order valence-corrected chi connectivity index (χ1v) is 4.55. The molecule has 1 aromatic heterocycles. The SMILES string of the molecule is Oc1c(CBr)ccnc1Br. The van der Waals surface area contributed by atoms with Gasteiger partial charge >= 0.3 is 0 Å². The van der Waals surface area contributed by atoms with E-state index >= 15 is 0 Å². The average Bonchev–Trinajstić information content (AvgIpc) is 1.95. The van der Waals surface area contributed by atoms with E-state index in [4.69, 9.17) is 0 Å². The number of rotatable bonds is 1. The fourth-order valence-corrected chi connectivity index (χ4v) is 1.40. The maximum absolute atomic E-state index is 9.26. The smallest absolute Gasteiger partial charge is 0.152 e. The van der Waals surface area contributed by atoms with E-state index < -0.39 is 0 Å². The molecule has 0 aliphatic rings. The lowest BCUT2D eigenvalue weighted by Gasteiger charge is -1.99. The molecule has 0 aromatic carbocycles. The second kappa shape index (κ2) is 3.34. The summed E-state index contributed by atoms with van der Waals surface area (Å²) in [5.41, 5.74) is 0.835. The summed E-state index contributed by atoms with van der Waals surface area (Å²) >= 11 is 6.34. The van der Waals surface area contributed by atoms with Gasteiger partial charge in [-0.05, 0) is 22.0 Å². The molecular formula is C6H5Br2NO. The first kappa shape index (κ1) is 8.01. The van der Waals surface area contributed by atoms with Crippen molar-refractivity contribution >= 4 is 31.9 Å². The van der Waals surface area contributed by atoms with E-state index in [1.807, 2.05) is 0 Å². The minimum Gasteiger partial charge on any atom is -0.505 e. The highest BCUT2D eigenvalue weighted by Crippen LogP contribution is 2.26. The van der Waals surface area contributed by atoms with Gasteiger partial charge in [0.1, 0.15) is 4.60 Å². The van der Waals surface area contributed by atoms with Gasteiger partial charge < -0.3 is 5.11 Å². The summed E-state index contributed by atoms with van der Waals surface area (Å²) in [5, 5.41) is 9.90. The molecule has 54 valence electrons. The molecule has 0 saturated heterocycles. The zero-order chi connectivity index (χ0) is 7.56. The standard InChI is InChI=1S/C6H5Br2NO/c7-3-4-1-2-9-6(8)5(4)10/h1-2,10H,3H2. The van der Waals surface area contributed by atoms with E-state index in [1.54, 1.807) is 12.3 Å². The molecule has 0 amide bonds. The first-order valence-electron chi connectivity index (χ1n) is 2.64. The fourth-order valence-electron chi connectivity index (χ4n) is 0.573. The van der Waals surface area contributed by atoms with Crippen molar-refractivity contribution in [3.05, 3.63) is 22.4 Å². The Hall–Kier alpha value is -0.0900. The number of hydrogen-bond acceptors (Lipinski definition) is 2. The van der Waals surface area contributed by atoms with Gasteiger partial charge in [-0.15, -0.1) is 0 Å². The van der Waals surface area contributed by atoms with Gasteiger partial charge in [0.05, 0.1) is 0 Å². The van der Waals surface area contributed by atoms with Gasteiger partial charge in [-0.2, -0.15) is 0 Å². The maximum atomic E-state index is 9.26. The average molecular weight is 267 g/mol. The van der Waals surface area contributed by atoms with Crippen LogP contribution in [-0.2, 0) is 5.33 Å². The Morgan fingerprint density at radius 1 is 1.60 bits per heavy atom. The van der Waals surface area contributed by atoms with Crippen LogP contribution in [0.25, 0.3) is 0 Å². The summed E-state index contributed by atoms with van der Waals surface area (Å²) in [6, 6.07) is 1.76. The van der Waals surface area contributed by atoms with Crippen molar-refractivity contribution in [2.75, 3.05) is 0 Å². The summed E-state index contributed by atoms with van der Waals surface area (Å²) in [5.74, 6) is 0.208. The van der Waals surface area contributed by atoms with E-state index in [-0.39, 0.29) is 5.75 Å². The molecule has 1 N–H and O–H groups in total. The maximum Gasteiger partial charge on any atom is 0.152 e. The molecule has 0 saturated carbocycles. The van der Waals surface area contributed by atoms with Crippen molar-refractivity contribution in [1.29, 1.82) is 0 Å². The van der Waals surface area contributed by atoms with Gasteiger partial charge in [-0.1, -0.05) is 15.9 Å². The topological polar surface area (TPSA) is 33.1 Å². The number of aromatic hydroxyl groups is 1. The molecule has 0 fully saturated rings. The lowest BCUT2D eigenvalue weighted by atomic mass is 10.3. The predicted molar refractivity (Wildman–Crippen MR) is 46.2 cm³/mol. The molecule has 0 radical (unpaired) electrons. The Bertz CT molecular complexity index is 239. The van der Waals surface area contributed by atoms with Crippen LogP contribution < -0.4 is 0 Å². The largest absolute Gasteiger partial charge is 0.505 e. The molecule has 0 aliphatic heterocycles. The number of hydrogen-bond donors (Lipinski definition) is 1. The summed E-state index contributed by atoms with van der Waals surface area (Å²) in [6.45, 7) is 0. The number of halogens is 2. The van der Waals surface area contributed by atoms with E-state index in [1.165, 1.54) is 0 Å². The van der Waals surface area contributed by atoms with Crippen LogP contribution in [0.5, 0.6) is 5.75 Å². The Morgan fingerprint density at radius 3 is 2.80 bits per heavy atom. The van der Waals surface area contributed by atoms with E-state index in [9.17, 15) is 5.11 Å². The van der Waals surface area contributed by atoms with Gasteiger partial charge in [-0.3, -0.25) is 0 Å². The molecule has 10 heavy (non-hydrogen) atoms. The van der Waals surface area contributed by atoms with Gasteiger partial charge in [0, 0.05) is 17.1 Å². The van der Waals surface area contributed by atoms with Crippen molar-refractivity contribution in [3.63, 3.8) is 0 Å². The first-order chi connectivity index (χ1) is 4.75. The Balaban J connectivity index is 3.14. The minimum absolute atomic E-state index is 0.208. The molecule has 0 spiro atoms. The molecule has 1 heterocycles. The Labute approximate surface area is 75.5 Å². The van der Waals surface area contributed by atoms with Gasteiger partial charge in [-0.25, -0.2) is 4.98 Å². The van der Waals surface area contributed by atoms with Crippen LogP contribution in [0.15, 0.2) is 16.9 Å². The second-order valence-electron chi connectivity index (χ2n) is 1.74. The third kappa shape index (κ3) is 1.49. The van der Waals surface area contributed by atoms with Crippen LogP contribution in [0.3, 0.4) is 0 Å². The van der Waals surface area contributed by atoms with E-state index in [0.29, 0.717) is 9.93 Å². The molecule has 0 atom stereocenters. The van der Waals surface area contributed by atoms with Crippen molar-refractivity contribution in [1.82, 2.24) is 4.98 Å². The Kier molecular flexibility index (Phi) is 2.68. The zero-order valence-corrected chi connectivity index (χ0v) is 8.18. The Morgan fingerprint density at radius 2 is 2.30 bits per heavy atom. The summed E-state index contributed by atoms with van der Waals surface area (Å²) < 4.78 is 0.490. The normalized spacial score (nSPS) is 9.80. The summed E-state index contributed by atoms with van der Waals surface area (Å²) in [6.07, 6.45) is 1.64. The molecule has 0 bridgehead atoms. The van der Waals surface area contributed by atoms with Crippen LogP contribution in [0.1, 0.15) is 5.56 Å². The fraction of sp³-hybridized carbons (Fsp3) is 0.167. The van der Waals surface area contributed by atoms with E-state index in [0.717, 1.165) is 5.56 Å². The quantitative estimate of drug-likeness (QED) is 0.626. The van der Waals surface area contributed by atoms with Crippen LogP contribution in [-0.4, -0.2) is 10.1 Å². The van der Waals surface area contributed by atoms with E-state index in [2.05, 4.69) is 36.8 Å². The van der Waals surface area contributed by atoms with Crippen molar-refractivity contribution < 1.29 is 5.11 Å². The summed E-state index contributed by atoms with van der Waals surface area (Å²) in [4.78, 5) is 3.83. The van der Waals surface area contributed by atoms with Gasteiger partial charge in [0.15, 0.2) is 5.75 Å². The van der Waals surface area contributed by atoms with Crippen molar-refractivity contribution in [2.45, 2.75) is 5.33 Å². The monoisotopic (exact) mass is 265 g/mol. The van der Waals surface area contributed by atoms with Gasteiger partial charge in [0.2, 0.25) is 0 Å². The molecule has 1 aromatic rings. The molecule has 2 nitrogen and oxygen atoms in total. The van der Waals surface area contributed by atoms with Gasteiger partial charge in [0.25, 0.3) is 0 Å². The highest BCUT2D eigenvalue weighted by atomic mass is 79.9. The van der Waals surface area contributed by atoms with Crippen LogP contribution >= 0.6 is 31.9 Å². The van der Waals surface area contributed by atoms with Crippen LogP contribution in [0.4, 0.5) is 0 Å². The van der Waals surface area contributed by atoms with Crippen LogP contribution in [0.2, 0.25) is 0 Å². The number of alkyl halides is 1. The lowest BCUT2D eigenvalue weighted by molar-refractivity contribution is 0.464. The third-order valence-corrected chi connectivity index (χ3v) is 2.29. The van der Waals surface area contributed by atoms with Crippen molar-refractivity contribution in [3.8, 4) is 5.75 Å². The molecule has 0 unspecified atom stereocenters. The predicted octanol–water partition coefficient (Wildman–Crippen LogP) is 2.44.